The molecule has 0 radical (unpaired) electrons. The maximum atomic E-state index is 12.8. The second kappa shape index (κ2) is 10.2. The maximum Gasteiger partial charge on any atom is 0.261 e. The Morgan fingerprint density at radius 1 is 1.29 bits per heavy atom. The number of hydrogen-bond donors (Lipinski definition) is 2. The van der Waals surface area contributed by atoms with Crippen molar-refractivity contribution in [1.29, 1.82) is 0 Å². The van der Waals surface area contributed by atoms with E-state index in [9.17, 15) is 9.59 Å². The molecule has 2 unspecified atom stereocenters. The number of methoxy groups -OCH3 is 1. The molecule has 2 amide bonds. The molecule has 4 rings (SSSR count). The number of imide groups is 1. The van der Waals surface area contributed by atoms with Gasteiger partial charge in [0.15, 0.2) is 11.1 Å². The number of amides is 2. The molecule has 1 saturated carbocycles. The number of fused-ring (bicyclic) bond motifs is 1. The zero-order chi connectivity index (χ0) is 21.1. The zero-order valence-electron chi connectivity index (χ0n) is 17.2. The first-order valence-electron chi connectivity index (χ1n) is 10.1. The monoisotopic (exact) mass is 463 g/mol. The Kier molecular flexibility index (Phi) is 7.64. The first-order valence-corrected chi connectivity index (χ1v) is 10.9. The van der Waals surface area contributed by atoms with E-state index in [-0.39, 0.29) is 36.2 Å². The fourth-order valence-corrected chi connectivity index (χ4v) is 4.94. The Hall–Kier alpha value is -2.49. The molecule has 2 atom stereocenters. The van der Waals surface area contributed by atoms with Crippen LogP contribution >= 0.6 is 23.7 Å². The minimum atomic E-state index is -0.179. The second-order valence-corrected chi connectivity index (χ2v) is 8.36. The van der Waals surface area contributed by atoms with Gasteiger partial charge in [-0.2, -0.15) is 0 Å². The quantitative estimate of drug-likeness (QED) is 0.294. The number of halogens is 1. The Labute approximate surface area is 191 Å². The van der Waals surface area contributed by atoms with Gasteiger partial charge in [-0.05, 0) is 31.4 Å². The van der Waals surface area contributed by atoms with Gasteiger partial charge in [-0.15, -0.1) is 23.7 Å². The Bertz CT molecular complexity index is 944. The lowest BCUT2D eigenvalue weighted by molar-refractivity contribution is 0.0539. The van der Waals surface area contributed by atoms with Crippen LogP contribution in [0.4, 0.5) is 5.13 Å². The molecule has 1 fully saturated rings. The number of rotatable bonds is 6. The third kappa shape index (κ3) is 4.89. The number of nitrogens with zero attached hydrogens (tertiary/aromatic N) is 3. The van der Waals surface area contributed by atoms with Gasteiger partial charge in [0, 0.05) is 24.4 Å². The van der Waals surface area contributed by atoms with Gasteiger partial charge in [-0.25, -0.2) is 4.98 Å². The summed E-state index contributed by atoms with van der Waals surface area (Å²) in [6.07, 6.45) is 3.49. The molecule has 31 heavy (non-hydrogen) atoms. The molecular formula is C21H26ClN5O3S. The highest BCUT2D eigenvalue weighted by molar-refractivity contribution is 7.13. The van der Waals surface area contributed by atoms with Crippen molar-refractivity contribution in [3.05, 3.63) is 46.5 Å². The number of nitrogens with two attached hydrogens (primary N) is 1. The molecule has 0 saturated heterocycles. The molecule has 8 nitrogen and oxygen atoms in total. The van der Waals surface area contributed by atoms with Crippen LogP contribution in [-0.2, 0) is 4.74 Å². The third-order valence-electron chi connectivity index (χ3n) is 5.59. The molecule has 1 aliphatic carbocycles. The van der Waals surface area contributed by atoms with Gasteiger partial charge in [0.05, 0.1) is 30.0 Å². The highest BCUT2D eigenvalue weighted by Gasteiger charge is 2.41. The Balaban J connectivity index is 0.00000272. The average molecular weight is 464 g/mol. The van der Waals surface area contributed by atoms with Gasteiger partial charge in [-0.3, -0.25) is 19.5 Å². The van der Waals surface area contributed by atoms with Crippen LogP contribution in [0.5, 0.6) is 0 Å². The molecule has 1 aromatic heterocycles. The number of nitrogens with one attached hydrogen (secondary N) is 1. The molecule has 0 bridgehead atoms. The van der Waals surface area contributed by atoms with Crippen LogP contribution in [0.1, 0.15) is 58.0 Å². The predicted molar refractivity (Wildman–Crippen MR) is 123 cm³/mol. The molecule has 10 heteroatoms. The molecule has 0 spiro atoms. The molecule has 1 aliphatic heterocycles. The standard InChI is InChI=1S/C21H25N5O3S.ClH/c1-29-10-9-23-20(22)25-21-24-17(12-30-21)13-5-4-6-14(11-13)26-18(27)15-7-2-3-8-16(15)19(26)28;/h2-3,7-8,12-14H,4-6,9-11H2,1H3,(H3,22,23,24,25);1H. The summed E-state index contributed by atoms with van der Waals surface area (Å²) in [4.78, 5) is 36.0. The van der Waals surface area contributed by atoms with Crippen molar-refractivity contribution in [3.63, 3.8) is 0 Å². The van der Waals surface area contributed by atoms with Crippen molar-refractivity contribution in [2.75, 3.05) is 25.6 Å². The lowest BCUT2D eigenvalue weighted by Gasteiger charge is -2.33. The van der Waals surface area contributed by atoms with Crippen molar-refractivity contribution in [2.45, 2.75) is 37.6 Å². The minimum absolute atomic E-state index is 0. The zero-order valence-corrected chi connectivity index (χ0v) is 18.9. The number of carbonyl (C=O) groups is 2. The maximum absolute atomic E-state index is 12.8. The van der Waals surface area contributed by atoms with Crippen LogP contribution in [0.15, 0.2) is 34.6 Å². The van der Waals surface area contributed by atoms with E-state index in [1.807, 2.05) is 5.38 Å². The number of benzene rings is 1. The van der Waals surface area contributed by atoms with E-state index in [4.69, 9.17) is 10.5 Å². The van der Waals surface area contributed by atoms with E-state index >= 15 is 0 Å². The SMILES string of the molecule is COCCN=C(N)Nc1nc(C2CCCC(N3C(=O)c4ccccc4C3=O)C2)cs1.Cl. The van der Waals surface area contributed by atoms with Crippen molar-refractivity contribution in [3.8, 4) is 0 Å². The van der Waals surface area contributed by atoms with Gasteiger partial charge in [0.1, 0.15) is 0 Å². The van der Waals surface area contributed by atoms with Gasteiger partial charge in [0.25, 0.3) is 11.8 Å². The normalized spacial score (nSPS) is 21.1. The fourth-order valence-electron chi connectivity index (χ4n) is 4.14. The predicted octanol–water partition coefficient (Wildman–Crippen LogP) is 3.26. The summed E-state index contributed by atoms with van der Waals surface area (Å²) in [5, 5.41) is 5.71. The topological polar surface area (TPSA) is 110 Å². The molecule has 2 aliphatic rings. The molecule has 166 valence electrons. The van der Waals surface area contributed by atoms with Crippen LogP contribution in [0.3, 0.4) is 0 Å². The summed E-state index contributed by atoms with van der Waals surface area (Å²) in [6, 6.07) is 6.95. The average Bonchev–Trinajstić information content (AvgIpc) is 3.32. The van der Waals surface area contributed by atoms with Crippen LogP contribution in [0.25, 0.3) is 0 Å². The Morgan fingerprint density at radius 3 is 2.68 bits per heavy atom. The molecular weight excluding hydrogens is 438 g/mol. The van der Waals surface area contributed by atoms with Crippen molar-refractivity contribution < 1.29 is 14.3 Å². The Morgan fingerprint density at radius 2 is 2.00 bits per heavy atom. The second-order valence-electron chi connectivity index (χ2n) is 7.51. The summed E-state index contributed by atoms with van der Waals surface area (Å²) >= 11 is 1.47. The van der Waals surface area contributed by atoms with Gasteiger partial charge in [-0.1, -0.05) is 18.6 Å². The van der Waals surface area contributed by atoms with Crippen LogP contribution in [0, 0.1) is 0 Å². The number of hydrogen-bond acceptors (Lipinski definition) is 6. The number of aromatic nitrogens is 1. The molecule has 1 aromatic carbocycles. The largest absolute Gasteiger partial charge is 0.383 e. The van der Waals surface area contributed by atoms with Crippen LogP contribution in [-0.4, -0.2) is 54.0 Å². The summed E-state index contributed by atoms with van der Waals surface area (Å²) in [5.41, 5.74) is 7.86. The lowest BCUT2D eigenvalue weighted by Crippen LogP contribution is -2.42. The third-order valence-corrected chi connectivity index (χ3v) is 6.37. The lowest BCUT2D eigenvalue weighted by atomic mass is 9.83. The van der Waals surface area contributed by atoms with E-state index in [1.54, 1.807) is 31.4 Å². The summed E-state index contributed by atoms with van der Waals surface area (Å²) in [6.45, 7) is 0.991. The van der Waals surface area contributed by atoms with Gasteiger partial charge in [0.2, 0.25) is 0 Å². The number of thiazole rings is 1. The molecule has 2 heterocycles. The molecule has 3 N–H and O–H groups in total. The summed E-state index contributed by atoms with van der Waals surface area (Å²) in [5.74, 6) is 0.149. The van der Waals surface area contributed by atoms with Gasteiger partial charge >= 0.3 is 0 Å². The minimum Gasteiger partial charge on any atom is -0.383 e. The number of ether oxygens (including phenoxy) is 1. The number of carbonyl (C=O) groups excluding carboxylic acids is 2. The highest BCUT2D eigenvalue weighted by atomic mass is 35.5. The first kappa shape index (κ1) is 23.2. The van der Waals surface area contributed by atoms with E-state index in [2.05, 4.69) is 15.3 Å². The van der Waals surface area contributed by atoms with Crippen molar-refractivity contribution in [2.24, 2.45) is 10.7 Å². The smallest absolute Gasteiger partial charge is 0.261 e. The highest BCUT2D eigenvalue weighted by Crippen LogP contribution is 2.38. The fraction of sp³-hybridized carbons (Fsp3) is 0.429. The summed E-state index contributed by atoms with van der Waals surface area (Å²) in [7, 11) is 1.62. The van der Waals surface area contributed by atoms with Crippen LogP contribution < -0.4 is 11.1 Å². The van der Waals surface area contributed by atoms with Crippen LogP contribution in [0.2, 0.25) is 0 Å². The van der Waals surface area contributed by atoms with E-state index in [0.29, 0.717) is 35.4 Å². The van der Waals surface area contributed by atoms with Crippen molar-refractivity contribution >= 4 is 46.6 Å². The number of guanidine groups is 1. The number of aliphatic imine (C=N–C) groups is 1. The van der Waals surface area contributed by atoms with Gasteiger partial charge < -0.3 is 15.8 Å². The van der Waals surface area contributed by atoms with E-state index in [1.165, 1.54) is 16.2 Å². The number of anilines is 1. The first-order chi connectivity index (χ1) is 14.6. The van der Waals surface area contributed by atoms with Crippen molar-refractivity contribution in [1.82, 2.24) is 9.88 Å². The summed E-state index contributed by atoms with van der Waals surface area (Å²) < 4.78 is 4.96. The molecule has 2 aromatic rings. The van der Waals surface area contributed by atoms with E-state index in [0.717, 1.165) is 31.4 Å². The van der Waals surface area contributed by atoms with E-state index < -0.39 is 0 Å².